The molecule has 0 saturated carbocycles. The lowest BCUT2D eigenvalue weighted by Crippen LogP contribution is -2.40. The zero-order valence-corrected chi connectivity index (χ0v) is 17.1. The molecule has 0 radical (unpaired) electrons. The molecule has 0 aromatic heterocycles. The van der Waals surface area contributed by atoms with Gasteiger partial charge in [-0.2, -0.15) is 11.8 Å². The standard InChI is InChI=1S/C17H24ClN3O2S.ClH/c1-11(2)21(3)17(23)12-4-5-14(18)15(8-12)20-16(22)9-13-10-24-7-6-19-13;/h4-5,8,11,13,19H,6-7,9-10H2,1-3H3,(H,20,22);1H. The Morgan fingerprint density at radius 1 is 1.44 bits per heavy atom. The van der Waals surface area contributed by atoms with Crippen molar-refractivity contribution in [3.63, 3.8) is 0 Å². The van der Waals surface area contributed by atoms with E-state index in [-0.39, 0.29) is 36.3 Å². The summed E-state index contributed by atoms with van der Waals surface area (Å²) in [4.78, 5) is 26.3. The number of amides is 2. The molecule has 140 valence electrons. The summed E-state index contributed by atoms with van der Waals surface area (Å²) in [5, 5.41) is 6.59. The lowest BCUT2D eigenvalue weighted by Gasteiger charge is -2.23. The van der Waals surface area contributed by atoms with E-state index >= 15 is 0 Å². The van der Waals surface area contributed by atoms with Gasteiger partial charge >= 0.3 is 0 Å². The topological polar surface area (TPSA) is 61.4 Å². The first-order chi connectivity index (χ1) is 11.4. The average molecular weight is 406 g/mol. The first-order valence-corrected chi connectivity index (χ1v) is 9.59. The lowest BCUT2D eigenvalue weighted by atomic mass is 10.1. The van der Waals surface area contributed by atoms with Crippen molar-refractivity contribution in [2.24, 2.45) is 0 Å². The summed E-state index contributed by atoms with van der Waals surface area (Å²) in [5.41, 5.74) is 0.991. The molecule has 1 heterocycles. The number of hydrogen-bond acceptors (Lipinski definition) is 4. The van der Waals surface area contributed by atoms with Crippen LogP contribution in [0.4, 0.5) is 5.69 Å². The molecule has 1 aliphatic rings. The minimum atomic E-state index is -0.0984. The van der Waals surface area contributed by atoms with Gasteiger partial charge in [-0.25, -0.2) is 0 Å². The van der Waals surface area contributed by atoms with Crippen LogP contribution in [0, 0.1) is 0 Å². The van der Waals surface area contributed by atoms with Crippen LogP contribution in [-0.2, 0) is 4.79 Å². The molecule has 0 aliphatic carbocycles. The summed E-state index contributed by atoms with van der Waals surface area (Å²) in [6.07, 6.45) is 0.396. The van der Waals surface area contributed by atoms with E-state index in [9.17, 15) is 9.59 Å². The summed E-state index contributed by atoms with van der Waals surface area (Å²) in [6, 6.07) is 5.25. The van der Waals surface area contributed by atoms with Crippen molar-refractivity contribution < 1.29 is 9.59 Å². The molecule has 1 saturated heterocycles. The summed E-state index contributed by atoms with van der Waals surface area (Å²) in [7, 11) is 1.76. The van der Waals surface area contributed by atoms with Gasteiger partial charge in [0.25, 0.3) is 5.91 Å². The Morgan fingerprint density at radius 3 is 2.76 bits per heavy atom. The Labute approximate surface area is 164 Å². The molecule has 1 fully saturated rings. The maximum atomic E-state index is 12.4. The van der Waals surface area contributed by atoms with Gasteiger partial charge < -0.3 is 15.5 Å². The van der Waals surface area contributed by atoms with Crippen molar-refractivity contribution >= 4 is 53.3 Å². The third kappa shape index (κ3) is 6.37. The predicted octanol–water partition coefficient (Wildman–Crippen LogP) is 3.28. The monoisotopic (exact) mass is 405 g/mol. The highest BCUT2D eigenvalue weighted by Gasteiger charge is 2.19. The second-order valence-electron chi connectivity index (χ2n) is 6.18. The molecule has 25 heavy (non-hydrogen) atoms. The average Bonchev–Trinajstić information content (AvgIpc) is 2.56. The first-order valence-electron chi connectivity index (χ1n) is 8.06. The van der Waals surface area contributed by atoms with Crippen LogP contribution in [-0.4, -0.2) is 53.9 Å². The molecule has 2 rings (SSSR count). The van der Waals surface area contributed by atoms with Crippen LogP contribution in [0.2, 0.25) is 5.02 Å². The number of carbonyl (C=O) groups excluding carboxylic acids is 2. The van der Waals surface area contributed by atoms with Gasteiger partial charge in [-0.15, -0.1) is 12.4 Å². The van der Waals surface area contributed by atoms with E-state index in [1.165, 1.54) is 0 Å². The summed E-state index contributed by atoms with van der Waals surface area (Å²) in [5.74, 6) is 1.82. The van der Waals surface area contributed by atoms with Crippen LogP contribution >= 0.6 is 35.8 Å². The maximum absolute atomic E-state index is 12.4. The van der Waals surface area contributed by atoms with E-state index in [0.717, 1.165) is 18.1 Å². The van der Waals surface area contributed by atoms with Crippen molar-refractivity contribution in [3.8, 4) is 0 Å². The fourth-order valence-corrected chi connectivity index (χ4v) is 3.48. The largest absolute Gasteiger partial charge is 0.339 e. The predicted molar refractivity (Wildman–Crippen MR) is 108 cm³/mol. The Kier molecular flexibility index (Phi) is 9.07. The lowest BCUT2D eigenvalue weighted by molar-refractivity contribution is -0.116. The Morgan fingerprint density at radius 2 is 2.16 bits per heavy atom. The fourth-order valence-electron chi connectivity index (χ4n) is 2.37. The molecule has 1 aromatic carbocycles. The van der Waals surface area contributed by atoms with E-state index in [1.807, 2.05) is 25.6 Å². The molecule has 8 heteroatoms. The summed E-state index contributed by atoms with van der Waals surface area (Å²) in [6.45, 7) is 4.83. The molecule has 2 amide bonds. The van der Waals surface area contributed by atoms with Gasteiger partial charge in [0, 0.05) is 49.2 Å². The number of anilines is 1. The molecular weight excluding hydrogens is 381 g/mol. The highest BCUT2D eigenvalue weighted by atomic mass is 35.5. The first kappa shape index (κ1) is 22.1. The zero-order valence-electron chi connectivity index (χ0n) is 14.7. The summed E-state index contributed by atoms with van der Waals surface area (Å²) < 4.78 is 0. The van der Waals surface area contributed by atoms with Crippen LogP contribution in [0.15, 0.2) is 18.2 Å². The van der Waals surface area contributed by atoms with Crippen molar-refractivity contribution in [1.29, 1.82) is 0 Å². The number of benzene rings is 1. The molecular formula is C17H25Cl2N3O2S. The van der Waals surface area contributed by atoms with Gasteiger partial charge in [-0.05, 0) is 32.0 Å². The van der Waals surface area contributed by atoms with Gasteiger partial charge in [0.1, 0.15) is 0 Å². The van der Waals surface area contributed by atoms with Gasteiger partial charge in [-0.3, -0.25) is 9.59 Å². The highest BCUT2D eigenvalue weighted by molar-refractivity contribution is 7.99. The number of nitrogens with one attached hydrogen (secondary N) is 2. The second-order valence-corrected chi connectivity index (χ2v) is 7.74. The van der Waals surface area contributed by atoms with E-state index < -0.39 is 0 Å². The molecule has 1 aliphatic heterocycles. The highest BCUT2D eigenvalue weighted by Crippen LogP contribution is 2.24. The van der Waals surface area contributed by atoms with E-state index in [0.29, 0.717) is 22.7 Å². The summed E-state index contributed by atoms with van der Waals surface area (Å²) >= 11 is 8.02. The van der Waals surface area contributed by atoms with Crippen molar-refractivity contribution in [3.05, 3.63) is 28.8 Å². The number of hydrogen-bond donors (Lipinski definition) is 2. The van der Waals surface area contributed by atoms with E-state index in [1.54, 1.807) is 30.1 Å². The van der Waals surface area contributed by atoms with Crippen LogP contribution in [0.5, 0.6) is 0 Å². The molecule has 1 atom stereocenters. The SMILES string of the molecule is CC(C)N(C)C(=O)c1ccc(Cl)c(NC(=O)CC2CSCCN2)c1.Cl. The van der Waals surface area contributed by atoms with Crippen LogP contribution < -0.4 is 10.6 Å². The van der Waals surface area contributed by atoms with Crippen LogP contribution in [0.3, 0.4) is 0 Å². The molecule has 1 unspecified atom stereocenters. The number of rotatable bonds is 5. The second kappa shape index (κ2) is 10.3. The molecule has 1 aromatic rings. The normalized spacial score (nSPS) is 16.9. The molecule has 0 bridgehead atoms. The van der Waals surface area contributed by atoms with Gasteiger partial charge in [0.2, 0.25) is 5.91 Å². The van der Waals surface area contributed by atoms with Crippen molar-refractivity contribution in [2.45, 2.75) is 32.4 Å². The Hall–Kier alpha value is -0.950. The van der Waals surface area contributed by atoms with Crippen molar-refractivity contribution in [1.82, 2.24) is 10.2 Å². The maximum Gasteiger partial charge on any atom is 0.253 e. The quantitative estimate of drug-likeness (QED) is 0.788. The number of thioether (sulfide) groups is 1. The van der Waals surface area contributed by atoms with Gasteiger partial charge in [0.05, 0.1) is 10.7 Å². The third-order valence-corrected chi connectivity index (χ3v) is 5.47. The smallest absolute Gasteiger partial charge is 0.253 e. The number of nitrogens with zero attached hydrogens (tertiary/aromatic N) is 1. The van der Waals surface area contributed by atoms with E-state index in [2.05, 4.69) is 10.6 Å². The van der Waals surface area contributed by atoms with Gasteiger partial charge in [0.15, 0.2) is 0 Å². The number of carbonyl (C=O) groups is 2. The third-order valence-electron chi connectivity index (χ3n) is 4.01. The molecule has 0 spiro atoms. The zero-order chi connectivity index (χ0) is 17.7. The van der Waals surface area contributed by atoms with Crippen LogP contribution in [0.1, 0.15) is 30.6 Å². The number of halogens is 2. The van der Waals surface area contributed by atoms with Crippen LogP contribution in [0.25, 0.3) is 0 Å². The minimum absolute atomic E-state index is 0. The molecule has 2 N–H and O–H groups in total. The minimum Gasteiger partial charge on any atom is -0.339 e. The fraction of sp³-hybridized carbons (Fsp3) is 0.529. The van der Waals surface area contributed by atoms with Gasteiger partial charge in [-0.1, -0.05) is 11.6 Å². The molecule has 5 nitrogen and oxygen atoms in total. The Bertz CT molecular complexity index is 608. The Balaban J connectivity index is 0.00000312. The van der Waals surface area contributed by atoms with Crippen molar-refractivity contribution in [2.75, 3.05) is 30.4 Å². The van der Waals surface area contributed by atoms with E-state index in [4.69, 9.17) is 11.6 Å².